The standard InChI is InChI=1S/C21H22N4O3S2/c1-14-4-6-15(7-5-14)20-23-16(13-29-20)10-11-22-30(27,28)17-8-9-18-19(12-17)25(3)21(26)24(18)2/h4-9,12-13,22H,10-11H2,1-3H3. The molecule has 0 saturated heterocycles. The first-order valence-corrected chi connectivity index (χ1v) is 11.8. The first-order valence-electron chi connectivity index (χ1n) is 9.43. The molecular formula is C21H22N4O3S2. The number of benzene rings is 2. The lowest BCUT2D eigenvalue weighted by atomic mass is 10.2. The van der Waals surface area contributed by atoms with Crippen LogP contribution in [0.2, 0.25) is 0 Å². The Morgan fingerprint density at radius 2 is 1.73 bits per heavy atom. The van der Waals surface area contributed by atoms with Crippen LogP contribution >= 0.6 is 11.3 Å². The minimum Gasteiger partial charge on any atom is -0.295 e. The van der Waals surface area contributed by atoms with Crippen molar-refractivity contribution in [3.05, 3.63) is 69.6 Å². The molecule has 0 amide bonds. The van der Waals surface area contributed by atoms with Gasteiger partial charge in [-0.05, 0) is 25.1 Å². The molecule has 2 aromatic carbocycles. The van der Waals surface area contributed by atoms with Gasteiger partial charge in [0.05, 0.1) is 21.6 Å². The summed E-state index contributed by atoms with van der Waals surface area (Å²) in [5.41, 5.74) is 4.16. The maximum absolute atomic E-state index is 12.7. The minimum atomic E-state index is -3.69. The van der Waals surface area contributed by atoms with Gasteiger partial charge in [-0.1, -0.05) is 29.8 Å². The van der Waals surface area contributed by atoms with Crippen LogP contribution in [0.15, 0.2) is 57.5 Å². The Kier molecular flexibility index (Phi) is 5.35. The molecule has 4 rings (SSSR count). The van der Waals surface area contributed by atoms with E-state index in [2.05, 4.69) is 9.71 Å². The molecule has 0 bridgehead atoms. The number of imidazole rings is 1. The minimum absolute atomic E-state index is 0.134. The average molecular weight is 443 g/mol. The molecule has 0 aliphatic heterocycles. The summed E-state index contributed by atoms with van der Waals surface area (Å²) in [6, 6.07) is 12.9. The number of rotatable bonds is 6. The van der Waals surface area contributed by atoms with Gasteiger partial charge >= 0.3 is 5.69 Å². The van der Waals surface area contributed by atoms with E-state index in [4.69, 9.17) is 0 Å². The number of hydrogen-bond donors (Lipinski definition) is 1. The van der Waals surface area contributed by atoms with Crippen LogP contribution in [0.3, 0.4) is 0 Å². The lowest BCUT2D eigenvalue weighted by Crippen LogP contribution is -2.26. The quantitative estimate of drug-likeness (QED) is 0.498. The third kappa shape index (κ3) is 3.83. The molecule has 0 unspecified atom stereocenters. The van der Waals surface area contributed by atoms with Crippen molar-refractivity contribution in [3.63, 3.8) is 0 Å². The first kappa shape index (κ1) is 20.5. The molecule has 1 N–H and O–H groups in total. The molecule has 0 fully saturated rings. The molecule has 4 aromatic rings. The zero-order valence-corrected chi connectivity index (χ0v) is 18.5. The highest BCUT2D eigenvalue weighted by Gasteiger charge is 2.17. The topological polar surface area (TPSA) is 86.0 Å². The summed E-state index contributed by atoms with van der Waals surface area (Å²) in [6.45, 7) is 2.28. The second-order valence-corrected chi connectivity index (χ2v) is 9.83. The zero-order valence-electron chi connectivity index (χ0n) is 16.9. The van der Waals surface area contributed by atoms with E-state index in [1.165, 1.54) is 26.8 Å². The second kappa shape index (κ2) is 7.82. The van der Waals surface area contributed by atoms with Crippen molar-refractivity contribution >= 4 is 32.4 Å². The van der Waals surface area contributed by atoms with E-state index in [1.54, 1.807) is 31.5 Å². The molecule has 2 aromatic heterocycles. The predicted molar refractivity (Wildman–Crippen MR) is 119 cm³/mol. The van der Waals surface area contributed by atoms with Gasteiger partial charge in [0.25, 0.3) is 0 Å². The third-order valence-electron chi connectivity index (χ3n) is 5.08. The van der Waals surface area contributed by atoms with Gasteiger partial charge in [-0.15, -0.1) is 11.3 Å². The van der Waals surface area contributed by atoms with E-state index >= 15 is 0 Å². The predicted octanol–water partition coefficient (Wildman–Crippen LogP) is 2.83. The van der Waals surface area contributed by atoms with E-state index in [0.29, 0.717) is 17.5 Å². The summed E-state index contributed by atoms with van der Waals surface area (Å²) in [6.07, 6.45) is 0.494. The Bertz CT molecular complexity index is 1380. The van der Waals surface area contributed by atoms with Crippen LogP contribution in [0.5, 0.6) is 0 Å². The monoisotopic (exact) mass is 442 g/mol. The Balaban J connectivity index is 1.46. The van der Waals surface area contributed by atoms with Gasteiger partial charge in [-0.3, -0.25) is 9.13 Å². The van der Waals surface area contributed by atoms with Crippen LogP contribution in [0, 0.1) is 6.92 Å². The van der Waals surface area contributed by atoms with Gasteiger partial charge in [0.2, 0.25) is 10.0 Å². The van der Waals surface area contributed by atoms with Gasteiger partial charge < -0.3 is 0 Å². The Morgan fingerprint density at radius 3 is 2.47 bits per heavy atom. The smallest absolute Gasteiger partial charge is 0.295 e. The molecule has 0 spiro atoms. The number of nitrogens with zero attached hydrogens (tertiary/aromatic N) is 3. The summed E-state index contributed by atoms with van der Waals surface area (Å²) in [5, 5.41) is 2.87. The number of sulfonamides is 1. The number of nitrogens with one attached hydrogen (secondary N) is 1. The van der Waals surface area contributed by atoms with Gasteiger partial charge in [0.1, 0.15) is 5.01 Å². The summed E-state index contributed by atoms with van der Waals surface area (Å²) in [5.74, 6) is 0. The van der Waals surface area contributed by atoms with Crippen LogP contribution in [-0.4, -0.2) is 29.1 Å². The highest BCUT2D eigenvalue weighted by Crippen LogP contribution is 2.24. The normalized spacial score (nSPS) is 12.0. The SMILES string of the molecule is Cc1ccc(-c2nc(CCNS(=O)(=O)c3ccc4c(c3)n(C)c(=O)n4C)cs2)cc1. The van der Waals surface area contributed by atoms with Crippen molar-refractivity contribution in [3.8, 4) is 10.6 Å². The fourth-order valence-corrected chi connectivity index (χ4v) is 5.21. The van der Waals surface area contributed by atoms with E-state index in [9.17, 15) is 13.2 Å². The van der Waals surface area contributed by atoms with Crippen LogP contribution in [0.25, 0.3) is 21.6 Å². The Morgan fingerprint density at radius 1 is 1.03 bits per heavy atom. The molecule has 0 aliphatic rings. The van der Waals surface area contributed by atoms with E-state index in [0.717, 1.165) is 16.3 Å². The van der Waals surface area contributed by atoms with Gasteiger partial charge in [0, 0.05) is 38.0 Å². The molecule has 30 heavy (non-hydrogen) atoms. The van der Waals surface area contributed by atoms with Crippen LogP contribution < -0.4 is 10.4 Å². The molecule has 156 valence electrons. The van der Waals surface area contributed by atoms with E-state index in [-0.39, 0.29) is 17.1 Å². The number of hydrogen-bond acceptors (Lipinski definition) is 5. The van der Waals surface area contributed by atoms with Crippen LogP contribution in [-0.2, 0) is 30.5 Å². The van der Waals surface area contributed by atoms with Crippen molar-refractivity contribution in [1.82, 2.24) is 18.8 Å². The number of fused-ring (bicyclic) bond motifs is 1. The summed E-state index contributed by atoms with van der Waals surface area (Å²) >= 11 is 1.55. The average Bonchev–Trinajstić information content (AvgIpc) is 3.28. The molecule has 0 aliphatic carbocycles. The molecule has 2 heterocycles. The maximum atomic E-state index is 12.7. The molecule has 7 nitrogen and oxygen atoms in total. The summed E-state index contributed by atoms with van der Waals surface area (Å²) < 4.78 is 31.0. The highest BCUT2D eigenvalue weighted by molar-refractivity contribution is 7.89. The van der Waals surface area contributed by atoms with Gasteiger partial charge in [-0.2, -0.15) is 0 Å². The first-order chi connectivity index (χ1) is 14.3. The fraction of sp³-hybridized carbons (Fsp3) is 0.238. The summed E-state index contributed by atoms with van der Waals surface area (Å²) in [7, 11) is -0.402. The lowest BCUT2D eigenvalue weighted by molar-refractivity contribution is 0.581. The van der Waals surface area contributed by atoms with Gasteiger partial charge in [0.15, 0.2) is 0 Å². The van der Waals surface area contributed by atoms with Gasteiger partial charge in [-0.25, -0.2) is 22.9 Å². The van der Waals surface area contributed by atoms with E-state index < -0.39 is 10.0 Å². The Labute approximate surface area is 178 Å². The van der Waals surface area contributed by atoms with Crippen molar-refractivity contribution in [2.24, 2.45) is 14.1 Å². The molecular weight excluding hydrogens is 420 g/mol. The van der Waals surface area contributed by atoms with Crippen molar-refractivity contribution in [2.45, 2.75) is 18.2 Å². The lowest BCUT2D eigenvalue weighted by Gasteiger charge is -2.07. The molecule has 9 heteroatoms. The largest absolute Gasteiger partial charge is 0.328 e. The highest BCUT2D eigenvalue weighted by atomic mass is 32.2. The number of aryl methyl sites for hydroxylation is 3. The van der Waals surface area contributed by atoms with E-state index in [1.807, 2.05) is 36.6 Å². The third-order valence-corrected chi connectivity index (χ3v) is 7.48. The van der Waals surface area contributed by atoms with Crippen molar-refractivity contribution in [1.29, 1.82) is 0 Å². The zero-order chi connectivity index (χ0) is 21.5. The number of aromatic nitrogens is 3. The summed E-state index contributed by atoms with van der Waals surface area (Å²) in [4.78, 5) is 16.8. The van der Waals surface area contributed by atoms with Crippen LogP contribution in [0.4, 0.5) is 0 Å². The molecule has 0 atom stereocenters. The van der Waals surface area contributed by atoms with Crippen LogP contribution in [0.1, 0.15) is 11.3 Å². The van der Waals surface area contributed by atoms with Crippen molar-refractivity contribution < 1.29 is 8.42 Å². The molecule has 0 radical (unpaired) electrons. The molecule has 0 saturated carbocycles. The van der Waals surface area contributed by atoms with Crippen molar-refractivity contribution in [2.75, 3.05) is 6.54 Å². The Hall–Kier alpha value is -2.75. The fourth-order valence-electron chi connectivity index (χ4n) is 3.30. The maximum Gasteiger partial charge on any atom is 0.328 e. The second-order valence-electron chi connectivity index (χ2n) is 7.21. The number of thiazole rings is 1.